The number of hydrogen-bond acceptors (Lipinski definition) is 3. The van der Waals surface area contributed by atoms with Gasteiger partial charge in [0.25, 0.3) is 0 Å². The van der Waals surface area contributed by atoms with Crippen LogP contribution < -0.4 is 5.32 Å². The molecule has 0 amide bonds. The molecule has 1 unspecified atom stereocenters. The minimum Gasteiger partial charge on any atom is -0.377 e. The van der Waals surface area contributed by atoms with Gasteiger partial charge in [-0.05, 0) is 30.7 Å². The summed E-state index contributed by atoms with van der Waals surface area (Å²) in [5.41, 5.74) is 3.00. The molecular weight excluding hydrogens is 284 g/mol. The molecule has 106 valence electrons. The van der Waals surface area contributed by atoms with E-state index >= 15 is 0 Å². The summed E-state index contributed by atoms with van der Waals surface area (Å²) in [6.07, 6.45) is 3.48. The van der Waals surface area contributed by atoms with Crippen LogP contribution in [0.15, 0.2) is 60.9 Å². The van der Waals surface area contributed by atoms with Gasteiger partial charge in [-0.3, -0.25) is 0 Å². The zero-order chi connectivity index (χ0) is 14.7. The molecular formula is C16H15ClN4. The van der Waals surface area contributed by atoms with Crippen LogP contribution in [-0.2, 0) is 0 Å². The van der Waals surface area contributed by atoms with Crippen LogP contribution in [-0.4, -0.2) is 15.0 Å². The van der Waals surface area contributed by atoms with Gasteiger partial charge in [-0.25, -0.2) is 4.68 Å². The molecule has 0 spiro atoms. The summed E-state index contributed by atoms with van der Waals surface area (Å²) in [7, 11) is 0. The summed E-state index contributed by atoms with van der Waals surface area (Å²) in [5, 5.41) is 12.1. The van der Waals surface area contributed by atoms with Crippen LogP contribution in [0.25, 0.3) is 5.69 Å². The zero-order valence-corrected chi connectivity index (χ0v) is 12.3. The smallest absolute Gasteiger partial charge is 0.0894 e. The van der Waals surface area contributed by atoms with Crippen LogP contribution >= 0.6 is 11.6 Å². The Kier molecular flexibility index (Phi) is 3.88. The molecule has 0 saturated carbocycles. The van der Waals surface area contributed by atoms with E-state index in [9.17, 15) is 0 Å². The fraction of sp³-hybridized carbons (Fsp3) is 0.125. The highest BCUT2D eigenvalue weighted by molar-refractivity contribution is 6.31. The molecule has 1 N–H and O–H groups in total. The number of benzene rings is 2. The Hall–Kier alpha value is -2.33. The lowest BCUT2D eigenvalue weighted by atomic mass is 10.1. The van der Waals surface area contributed by atoms with Crippen LogP contribution in [0, 0.1) is 0 Å². The van der Waals surface area contributed by atoms with Crippen molar-refractivity contribution in [2.24, 2.45) is 0 Å². The second-order valence-corrected chi connectivity index (χ2v) is 5.16. The fourth-order valence-electron chi connectivity index (χ4n) is 2.27. The number of aromatic nitrogens is 3. The minimum atomic E-state index is 0.0865. The van der Waals surface area contributed by atoms with E-state index in [-0.39, 0.29) is 6.04 Å². The van der Waals surface area contributed by atoms with Gasteiger partial charge >= 0.3 is 0 Å². The first kappa shape index (κ1) is 13.6. The summed E-state index contributed by atoms with van der Waals surface area (Å²) in [5.74, 6) is 0. The minimum absolute atomic E-state index is 0.0865. The lowest BCUT2D eigenvalue weighted by molar-refractivity contribution is 0.798. The van der Waals surface area contributed by atoms with Gasteiger partial charge in [0.2, 0.25) is 0 Å². The van der Waals surface area contributed by atoms with Crippen molar-refractivity contribution in [3.05, 3.63) is 71.5 Å². The third-order valence-corrected chi connectivity index (χ3v) is 3.66. The molecule has 4 nitrogen and oxygen atoms in total. The first-order valence-electron chi connectivity index (χ1n) is 6.72. The van der Waals surface area contributed by atoms with Crippen LogP contribution in [0.4, 0.5) is 5.69 Å². The van der Waals surface area contributed by atoms with Crippen molar-refractivity contribution in [2.75, 3.05) is 5.32 Å². The van der Waals surface area contributed by atoms with E-state index in [0.717, 1.165) is 22.0 Å². The van der Waals surface area contributed by atoms with Gasteiger partial charge in [-0.2, -0.15) is 0 Å². The third kappa shape index (κ3) is 2.90. The van der Waals surface area contributed by atoms with E-state index < -0.39 is 0 Å². The zero-order valence-electron chi connectivity index (χ0n) is 11.6. The maximum absolute atomic E-state index is 6.26. The van der Waals surface area contributed by atoms with Gasteiger partial charge < -0.3 is 5.32 Å². The number of anilines is 1. The van der Waals surface area contributed by atoms with E-state index in [0.29, 0.717) is 0 Å². The highest BCUT2D eigenvalue weighted by atomic mass is 35.5. The number of halogens is 1. The van der Waals surface area contributed by atoms with Gasteiger partial charge in [0.15, 0.2) is 0 Å². The molecule has 2 aromatic carbocycles. The summed E-state index contributed by atoms with van der Waals surface area (Å²) in [6.45, 7) is 2.08. The van der Waals surface area contributed by atoms with Crippen molar-refractivity contribution in [2.45, 2.75) is 13.0 Å². The number of hydrogen-bond donors (Lipinski definition) is 1. The third-order valence-electron chi connectivity index (χ3n) is 3.32. The lowest BCUT2D eigenvalue weighted by Crippen LogP contribution is -2.10. The predicted molar refractivity (Wildman–Crippen MR) is 84.8 cm³/mol. The number of nitrogens with zero attached hydrogens (tertiary/aromatic N) is 3. The normalized spacial score (nSPS) is 12.1. The van der Waals surface area contributed by atoms with Crippen LogP contribution in [0.3, 0.4) is 0 Å². The van der Waals surface area contributed by atoms with Gasteiger partial charge in [0, 0.05) is 5.02 Å². The second-order valence-electron chi connectivity index (χ2n) is 4.75. The van der Waals surface area contributed by atoms with Crippen molar-refractivity contribution in [1.29, 1.82) is 0 Å². The average Bonchev–Trinajstić information content (AvgIpc) is 3.02. The molecule has 0 fully saturated rings. The number of rotatable bonds is 4. The van der Waals surface area contributed by atoms with Crippen molar-refractivity contribution < 1.29 is 0 Å². The molecule has 0 aliphatic carbocycles. The molecule has 5 heteroatoms. The van der Waals surface area contributed by atoms with Crippen LogP contribution in [0.2, 0.25) is 5.02 Å². The molecule has 0 aliphatic heterocycles. The van der Waals surface area contributed by atoms with Gasteiger partial charge in [-0.1, -0.05) is 47.1 Å². The van der Waals surface area contributed by atoms with Crippen molar-refractivity contribution in [3.63, 3.8) is 0 Å². The summed E-state index contributed by atoms with van der Waals surface area (Å²) >= 11 is 6.26. The Morgan fingerprint density at radius 1 is 1.10 bits per heavy atom. The topological polar surface area (TPSA) is 42.7 Å². The van der Waals surface area contributed by atoms with Gasteiger partial charge in [0.1, 0.15) is 0 Å². The predicted octanol–water partition coefficient (Wildman–Crippen LogP) is 4.09. The molecule has 1 heterocycles. The maximum Gasteiger partial charge on any atom is 0.0894 e. The fourth-order valence-corrected chi connectivity index (χ4v) is 2.57. The van der Waals surface area contributed by atoms with E-state index in [1.54, 1.807) is 10.9 Å². The maximum atomic E-state index is 6.26. The SMILES string of the molecule is CC(Nc1ccccc1-n1ccnn1)c1ccccc1Cl. The monoisotopic (exact) mass is 298 g/mol. The van der Waals surface area contributed by atoms with E-state index in [2.05, 4.69) is 22.6 Å². The highest BCUT2D eigenvalue weighted by Gasteiger charge is 2.11. The van der Waals surface area contributed by atoms with Crippen LogP contribution in [0.1, 0.15) is 18.5 Å². The highest BCUT2D eigenvalue weighted by Crippen LogP contribution is 2.28. The van der Waals surface area contributed by atoms with E-state index in [4.69, 9.17) is 11.6 Å². The van der Waals surface area contributed by atoms with Gasteiger partial charge in [-0.15, -0.1) is 5.10 Å². The molecule has 0 saturated heterocycles. The number of para-hydroxylation sites is 2. The Morgan fingerprint density at radius 2 is 1.86 bits per heavy atom. The Balaban J connectivity index is 1.91. The lowest BCUT2D eigenvalue weighted by Gasteiger charge is -2.19. The molecule has 3 rings (SSSR count). The average molecular weight is 299 g/mol. The largest absolute Gasteiger partial charge is 0.377 e. The standard InChI is InChI=1S/C16H15ClN4/c1-12(13-6-2-3-7-14(13)17)19-15-8-4-5-9-16(15)21-11-10-18-20-21/h2-12,19H,1H3. The summed E-state index contributed by atoms with van der Waals surface area (Å²) in [6, 6.07) is 15.9. The van der Waals surface area contributed by atoms with Crippen molar-refractivity contribution >= 4 is 17.3 Å². The summed E-state index contributed by atoms with van der Waals surface area (Å²) < 4.78 is 1.74. The van der Waals surface area contributed by atoms with Crippen molar-refractivity contribution in [3.8, 4) is 5.69 Å². The Bertz CT molecular complexity index is 725. The molecule has 21 heavy (non-hydrogen) atoms. The molecule has 0 radical (unpaired) electrons. The second kappa shape index (κ2) is 5.97. The van der Waals surface area contributed by atoms with Crippen LogP contribution in [0.5, 0.6) is 0 Å². The molecule has 3 aromatic rings. The van der Waals surface area contributed by atoms with Crippen molar-refractivity contribution in [1.82, 2.24) is 15.0 Å². The molecule has 0 bridgehead atoms. The van der Waals surface area contributed by atoms with Gasteiger partial charge in [0.05, 0.1) is 29.8 Å². The molecule has 1 aromatic heterocycles. The van der Waals surface area contributed by atoms with E-state index in [1.165, 1.54) is 0 Å². The Morgan fingerprint density at radius 3 is 2.62 bits per heavy atom. The Labute approximate surface area is 128 Å². The first-order chi connectivity index (χ1) is 10.3. The number of nitrogens with one attached hydrogen (secondary N) is 1. The quantitative estimate of drug-likeness (QED) is 0.789. The summed E-state index contributed by atoms with van der Waals surface area (Å²) in [4.78, 5) is 0. The first-order valence-corrected chi connectivity index (χ1v) is 7.10. The molecule has 1 atom stereocenters. The molecule has 0 aliphatic rings. The van der Waals surface area contributed by atoms with E-state index in [1.807, 2.05) is 54.7 Å².